The lowest BCUT2D eigenvalue weighted by Gasteiger charge is -2.21. The van der Waals surface area contributed by atoms with Gasteiger partial charge in [0.05, 0.1) is 16.3 Å². The Morgan fingerprint density at radius 1 is 0.553 bits per heavy atom. The van der Waals surface area contributed by atoms with E-state index < -0.39 is 0 Å². The summed E-state index contributed by atoms with van der Waals surface area (Å²) in [5.74, 6) is 0.704. The van der Waals surface area contributed by atoms with Crippen LogP contribution in [0.4, 0.5) is 0 Å². The van der Waals surface area contributed by atoms with Gasteiger partial charge in [0.15, 0.2) is 5.82 Å². The fourth-order valence-electron chi connectivity index (χ4n) is 7.52. The largest absolute Gasteiger partial charge is 0.456 e. The number of hydrogen-bond donors (Lipinski definition) is 0. The van der Waals surface area contributed by atoms with Crippen LogP contribution in [0, 0.1) is 0 Å². The molecule has 222 valence electrons. The third-order valence-electron chi connectivity index (χ3n) is 9.88. The molecule has 4 heteroatoms. The average molecular weight is 621 g/mol. The summed E-state index contributed by atoms with van der Waals surface area (Å²) in [7, 11) is 0. The molecule has 0 N–H and O–H groups in total. The van der Waals surface area contributed by atoms with Crippen molar-refractivity contribution in [2.24, 2.45) is 0 Å². The number of hydrogen-bond acceptors (Lipinski definition) is 4. The van der Waals surface area contributed by atoms with Gasteiger partial charge in [-0.05, 0) is 86.9 Å². The number of thiophene rings is 1. The molecule has 0 spiro atoms. The van der Waals surface area contributed by atoms with Crippen molar-refractivity contribution in [3.05, 3.63) is 145 Å². The predicted molar refractivity (Wildman–Crippen MR) is 196 cm³/mol. The third kappa shape index (κ3) is 3.98. The van der Waals surface area contributed by atoms with E-state index >= 15 is 0 Å². The van der Waals surface area contributed by atoms with Crippen LogP contribution in [0.25, 0.3) is 87.1 Å². The van der Waals surface area contributed by atoms with E-state index in [1.54, 1.807) is 11.3 Å². The molecule has 1 aliphatic carbocycles. The monoisotopic (exact) mass is 620 g/mol. The molecule has 3 nitrogen and oxygen atoms in total. The number of aromatic nitrogens is 2. The van der Waals surface area contributed by atoms with E-state index in [2.05, 4.69) is 147 Å². The molecule has 0 atom stereocenters. The average Bonchev–Trinajstić information content (AvgIpc) is 3.77. The topological polar surface area (TPSA) is 38.9 Å². The van der Waals surface area contributed by atoms with Crippen LogP contribution >= 0.6 is 11.3 Å². The van der Waals surface area contributed by atoms with Crippen molar-refractivity contribution in [1.29, 1.82) is 0 Å². The molecule has 10 rings (SSSR count). The molecule has 0 saturated heterocycles. The first-order valence-corrected chi connectivity index (χ1v) is 16.8. The lowest BCUT2D eigenvalue weighted by atomic mass is 9.82. The van der Waals surface area contributed by atoms with Crippen LogP contribution in [-0.4, -0.2) is 9.97 Å². The summed E-state index contributed by atoms with van der Waals surface area (Å²) in [5, 5.41) is 5.75. The molecule has 0 bridgehead atoms. The smallest absolute Gasteiger partial charge is 0.160 e. The van der Waals surface area contributed by atoms with Gasteiger partial charge in [0, 0.05) is 32.0 Å². The Kier molecular flexibility index (Phi) is 5.50. The second-order valence-corrected chi connectivity index (χ2v) is 14.1. The van der Waals surface area contributed by atoms with Crippen LogP contribution in [-0.2, 0) is 5.41 Å². The zero-order valence-electron chi connectivity index (χ0n) is 25.9. The summed E-state index contributed by atoms with van der Waals surface area (Å²) in [4.78, 5) is 11.7. The molecule has 0 unspecified atom stereocenters. The summed E-state index contributed by atoms with van der Waals surface area (Å²) in [5.41, 5.74) is 10.8. The SMILES string of the molecule is CC1(C)c2ccccc2-c2c(-c3cc(-c4cc5ccccc5s4)nc(-c4ccc5oc6cc7ccccc7cc6c5c4)n3)cccc21. The van der Waals surface area contributed by atoms with Gasteiger partial charge in [0.1, 0.15) is 11.2 Å². The van der Waals surface area contributed by atoms with Crippen molar-refractivity contribution in [1.82, 2.24) is 9.97 Å². The molecule has 3 aromatic heterocycles. The Morgan fingerprint density at radius 2 is 1.26 bits per heavy atom. The fourth-order valence-corrected chi connectivity index (χ4v) is 8.54. The molecule has 0 amide bonds. The number of benzene rings is 6. The van der Waals surface area contributed by atoms with E-state index in [0.29, 0.717) is 5.82 Å². The van der Waals surface area contributed by atoms with Crippen LogP contribution < -0.4 is 0 Å². The molecule has 0 fully saturated rings. The molecule has 0 radical (unpaired) electrons. The van der Waals surface area contributed by atoms with Crippen LogP contribution in [0.15, 0.2) is 138 Å². The lowest BCUT2D eigenvalue weighted by molar-refractivity contribution is 0.660. The number of rotatable bonds is 3. The van der Waals surface area contributed by atoms with Crippen LogP contribution in [0.1, 0.15) is 25.0 Å². The molecular formula is C43H28N2OS. The van der Waals surface area contributed by atoms with Crippen molar-refractivity contribution >= 4 is 54.1 Å². The third-order valence-corrected chi connectivity index (χ3v) is 11.0. The van der Waals surface area contributed by atoms with Gasteiger partial charge in [0.25, 0.3) is 0 Å². The molecule has 0 saturated carbocycles. The van der Waals surface area contributed by atoms with Gasteiger partial charge in [-0.3, -0.25) is 0 Å². The van der Waals surface area contributed by atoms with Gasteiger partial charge in [-0.1, -0.05) is 98.8 Å². The van der Waals surface area contributed by atoms with E-state index in [4.69, 9.17) is 14.4 Å². The van der Waals surface area contributed by atoms with Gasteiger partial charge >= 0.3 is 0 Å². The minimum absolute atomic E-state index is 0.0936. The minimum atomic E-state index is -0.0936. The van der Waals surface area contributed by atoms with Gasteiger partial charge in [0.2, 0.25) is 0 Å². The highest BCUT2D eigenvalue weighted by molar-refractivity contribution is 7.22. The number of fused-ring (bicyclic) bond motifs is 8. The van der Waals surface area contributed by atoms with E-state index in [9.17, 15) is 0 Å². The van der Waals surface area contributed by atoms with Crippen molar-refractivity contribution in [3.63, 3.8) is 0 Å². The predicted octanol–water partition coefficient (Wildman–Crippen LogP) is 12.1. The lowest BCUT2D eigenvalue weighted by Crippen LogP contribution is -2.14. The Labute approximate surface area is 275 Å². The molecule has 6 aromatic carbocycles. The number of furan rings is 1. The first-order valence-electron chi connectivity index (χ1n) is 16.0. The second kappa shape index (κ2) is 9.71. The van der Waals surface area contributed by atoms with Crippen LogP contribution in [0.3, 0.4) is 0 Å². The van der Waals surface area contributed by atoms with Gasteiger partial charge < -0.3 is 4.42 Å². The normalized spacial score (nSPS) is 13.5. The van der Waals surface area contributed by atoms with Crippen molar-refractivity contribution in [2.75, 3.05) is 0 Å². The van der Waals surface area contributed by atoms with Crippen molar-refractivity contribution < 1.29 is 4.42 Å². The van der Waals surface area contributed by atoms with Gasteiger partial charge in [-0.25, -0.2) is 9.97 Å². The maximum absolute atomic E-state index is 6.34. The number of nitrogens with zero attached hydrogens (tertiary/aromatic N) is 2. The maximum atomic E-state index is 6.34. The summed E-state index contributed by atoms with van der Waals surface area (Å²) in [6.45, 7) is 4.65. The van der Waals surface area contributed by atoms with E-state index in [1.165, 1.54) is 43.1 Å². The van der Waals surface area contributed by atoms with Gasteiger partial charge in [-0.2, -0.15) is 0 Å². The van der Waals surface area contributed by atoms with Crippen molar-refractivity contribution in [3.8, 4) is 44.3 Å². The standard InChI is InChI=1S/C43H28N2OS/c1-43(2)33-15-7-6-13-29(33)41-30(14-9-16-34(41)43)35-24-36(40-23-27-12-5-8-17-39(27)47-40)45-42(44-35)28-18-19-37-31(21-28)32-20-25-10-3-4-11-26(25)22-38(32)46-37/h3-24H,1-2H3. The Morgan fingerprint density at radius 3 is 2.13 bits per heavy atom. The molecule has 0 aliphatic heterocycles. The first kappa shape index (κ1) is 26.6. The zero-order valence-corrected chi connectivity index (χ0v) is 26.7. The molecule has 47 heavy (non-hydrogen) atoms. The zero-order chi connectivity index (χ0) is 31.3. The summed E-state index contributed by atoms with van der Waals surface area (Å²) >= 11 is 1.77. The van der Waals surface area contributed by atoms with E-state index in [1.807, 2.05) is 0 Å². The quantitative estimate of drug-likeness (QED) is 0.197. The maximum Gasteiger partial charge on any atom is 0.160 e. The molecule has 1 aliphatic rings. The molecule has 9 aromatic rings. The van der Waals surface area contributed by atoms with Crippen LogP contribution in [0.5, 0.6) is 0 Å². The Balaban J connectivity index is 1.22. The highest BCUT2D eigenvalue weighted by atomic mass is 32.1. The summed E-state index contributed by atoms with van der Waals surface area (Å²) < 4.78 is 7.58. The fraction of sp³-hybridized carbons (Fsp3) is 0.0698. The van der Waals surface area contributed by atoms with Gasteiger partial charge in [-0.15, -0.1) is 11.3 Å². The van der Waals surface area contributed by atoms with E-state index in [-0.39, 0.29) is 5.41 Å². The first-order chi connectivity index (χ1) is 23.0. The van der Waals surface area contributed by atoms with E-state index in [0.717, 1.165) is 49.3 Å². The van der Waals surface area contributed by atoms with Crippen molar-refractivity contribution in [2.45, 2.75) is 19.3 Å². The molecule has 3 heterocycles. The van der Waals surface area contributed by atoms with Crippen LogP contribution in [0.2, 0.25) is 0 Å². The Hall–Kier alpha value is -5.58. The highest BCUT2D eigenvalue weighted by Gasteiger charge is 2.36. The second-order valence-electron chi connectivity index (χ2n) is 13.0. The summed E-state index contributed by atoms with van der Waals surface area (Å²) in [6, 6.07) is 47.6. The minimum Gasteiger partial charge on any atom is -0.456 e. The highest BCUT2D eigenvalue weighted by Crippen LogP contribution is 2.52. The summed E-state index contributed by atoms with van der Waals surface area (Å²) in [6.07, 6.45) is 0. The molecular weight excluding hydrogens is 593 g/mol. The Bertz CT molecular complexity index is 2700.